The van der Waals surface area contributed by atoms with E-state index >= 15 is 0 Å². The van der Waals surface area contributed by atoms with Crippen molar-refractivity contribution < 1.29 is 4.79 Å². The predicted octanol–water partition coefficient (Wildman–Crippen LogP) is 1.85. The van der Waals surface area contributed by atoms with Crippen molar-refractivity contribution >= 4 is 23.0 Å². The van der Waals surface area contributed by atoms with Gasteiger partial charge < -0.3 is 21.7 Å². The van der Waals surface area contributed by atoms with Gasteiger partial charge >= 0.3 is 0 Å². The standard InChI is InChI=1S/C19H25N5O/c1-23-8-10-24(11-9-23)13-14-2-5-16(6-3-14)22-19(25)15-4-7-17(20)18(21)12-15/h2-7,12H,8-11,13,20-21H2,1H3,(H,22,25). The van der Waals surface area contributed by atoms with Crippen molar-refractivity contribution in [3.05, 3.63) is 53.6 Å². The Kier molecular flexibility index (Phi) is 5.21. The Hall–Kier alpha value is -2.57. The molecule has 1 saturated heterocycles. The van der Waals surface area contributed by atoms with Crippen LogP contribution >= 0.6 is 0 Å². The Bertz CT molecular complexity index is 736. The normalized spacial score (nSPS) is 15.9. The molecule has 1 heterocycles. The Labute approximate surface area is 148 Å². The number of nitrogens with one attached hydrogen (secondary N) is 1. The molecule has 0 aliphatic carbocycles. The number of nitrogens with two attached hydrogens (primary N) is 2. The maximum Gasteiger partial charge on any atom is 0.255 e. The Morgan fingerprint density at radius 3 is 2.32 bits per heavy atom. The molecule has 0 aromatic heterocycles. The lowest BCUT2D eigenvalue weighted by Crippen LogP contribution is -2.43. The van der Waals surface area contributed by atoms with Crippen LogP contribution in [0.1, 0.15) is 15.9 Å². The molecule has 132 valence electrons. The molecule has 1 aliphatic heterocycles. The van der Waals surface area contributed by atoms with Gasteiger partial charge in [-0.05, 0) is 42.9 Å². The zero-order valence-corrected chi connectivity index (χ0v) is 14.5. The van der Waals surface area contributed by atoms with Gasteiger partial charge in [0.2, 0.25) is 0 Å². The number of nitrogens with zero attached hydrogens (tertiary/aromatic N) is 2. The number of hydrogen-bond acceptors (Lipinski definition) is 5. The van der Waals surface area contributed by atoms with Crippen LogP contribution in [0.15, 0.2) is 42.5 Å². The molecule has 3 rings (SSSR count). The van der Waals surface area contributed by atoms with Crippen molar-refractivity contribution in [1.82, 2.24) is 9.80 Å². The van der Waals surface area contributed by atoms with Crippen LogP contribution < -0.4 is 16.8 Å². The molecule has 25 heavy (non-hydrogen) atoms. The molecule has 2 aromatic carbocycles. The summed E-state index contributed by atoms with van der Waals surface area (Å²) < 4.78 is 0. The van der Waals surface area contributed by atoms with Gasteiger partial charge in [0.25, 0.3) is 5.91 Å². The monoisotopic (exact) mass is 339 g/mol. The quantitative estimate of drug-likeness (QED) is 0.740. The molecule has 2 aromatic rings. The highest BCUT2D eigenvalue weighted by Gasteiger charge is 2.14. The number of piperazine rings is 1. The summed E-state index contributed by atoms with van der Waals surface area (Å²) in [4.78, 5) is 17.1. The fraction of sp³-hybridized carbons (Fsp3) is 0.316. The summed E-state index contributed by atoms with van der Waals surface area (Å²) >= 11 is 0. The molecule has 1 amide bonds. The zero-order chi connectivity index (χ0) is 17.8. The lowest BCUT2D eigenvalue weighted by Gasteiger charge is -2.32. The first kappa shape index (κ1) is 17.3. The topological polar surface area (TPSA) is 87.6 Å². The van der Waals surface area contributed by atoms with Crippen molar-refractivity contribution in [2.75, 3.05) is 50.0 Å². The largest absolute Gasteiger partial charge is 0.397 e. The number of benzene rings is 2. The highest BCUT2D eigenvalue weighted by Crippen LogP contribution is 2.18. The molecule has 0 spiro atoms. The highest BCUT2D eigenvalue weighted by molar-refractivity contribution is 6.05. The number of rotatable bonds is 4. The summed E-state index contributed by atoms with van der Waals surface area (Å²) in [7, 11) is 2.16. The van der Waals surface area contributed by atoms with E-state index in [9.17, 15) is 4.79 Å². The number of carbonyl (C=O) groups excluding carboxylic acids is 1. The predicted molar refractivity (Wildman–Crippen MR) is 102 cm³/mol. The first-order valence-electron chi connectivity index (χ1n) is 8.47. The summed E-state index contributed by atoms with van der Waals surface area (Å²) in [6.45, 7) is 5.34. The van der Waals surface area contributed by atoms with Crippen molar-refractivity contribution in [3.8, 4) is 0 Å². The first-order valence-corrected chi connectivity index (χ1v) is 8.47. The van der Waals surface area contributed by atoms with Crippen LogP contribution in [-0.2, 0) is 6.54 Å². The summed E-state index contributed by atoms with van der Waals surface area (Å²) in [6, 6.07) is 12.9. The average molecular weight is 339 g/mol. The van der Waals surface area contributed by atoms with Crippen LogP contribution in [0, 0.1) is 0 Å². The van der Waals surface area contributed by atoms with Crippen LogP contribution in [0.4, 0.5) is 17.1 Å². The van der Waals surface area contributed by atoms with E-state index in [-0.39, 0.29) is 5.91 Å². The minimum atomic E-state index is -0.196. The maximum atomic E-state index is 12.3. The SMILES string of the molecule is CN1CCN(Cc2ccc(NC(=O)c3ccc(N)c(N)c3)cc2)CC1. The van der Waals surface area contributed by atoms with Crippen LogP contribution in [-0.4, -0.2) is 48.9 Å². The van der Waals surface area contributed by atoms with E-state index in [1.54, 1.807) is 18.2 Å². The van der Waals surface area contributed by atoms with Crippen molar-refractivity contribution in [2.24, 2.45) is 0 Å². The van der Waals surface area contributed by atoms with E-state index in [2.05, 4.69) is 34.3 Å². The second-order valence-electron chi connectivity index (χ2n) is 6.57. The Balaban J connectivity index is 1.58. The molecule has 0 saturated carbocycles. The van der Waals surface area contributed by atoms with E-state index in [4.69, 9.17) is 11.5 Å². The van der Waals surface area contributed by atoms with Crippen molar-refractivity contribution in [2.45, 2.75) is 6.54 Å². The molecule has 6 nitrogen and oxygen atoms in total. The molecule has 1 fully saturated rings. The number of hydrogen-bond donors (Lipinski definition) is 3. The number of likely N-dealkylation sites (N-methyl/N-ethyl adjacent to an activating group) is 1. The lowest BCUT2D eigenvalue weighted by atomic mass is 10.1. The van der Waals surface area contributed by atoms with Crippen molar-refractivity contribution in [1.29, 1.82) is 0 Å². The molecular weight excluding hydrogens is 314 g/mol. The van der Waals surface area contributed by atoms with Crippen LogP contribution in [0.2, 0.25) is 0 Å². The van der Waals surface area contributed by atoms with Gasteiger partial charge in [-0.3, -0.25) is 9.69 Å². The highest BCUT2D eigenvalue weighted by atomic mass is 16.1. The second-order valence-corrected chi connectivity index (χ2v) is 6.57. The molecule has 6 heteroatoms. The van der Waals surface area contributed by atoms with Gasteiger partial charge in [-0.25, -0.2) is 0 Å². The Morgan fingerprint density at radius 2 is 1.68 bits per heavy atom. The average Bonchev–Trinajstić information content (AvgIpc) is 2.61. The summed E-state index contributed by atoms with van der Waals surface area (Å²) in [6.07, 6.45) is 0. The zero-order valence-electron chi connectivity index (χ0n) is 14.5. The van der Waals surface area contributed by atoms with Crippen LogP contribution in [0.3, 0.4) is 0 Å². The summed E-state index contributed by atoms with van der Waals surface area (Å²) in [5.41, 5.74) is 14.8. The number of carbonyl (C=O) groups is 1. The van der Waals surface area contributed by atoms with Crippen molar-refractivity contribution in [3.63, 3.8) is 0 Å². The number of amides is 1. The third kappa shape index (κ3) is 4.49. The molecule has 1 aliphatic rings. The maximum absolute atomic E-state index is 12.3. The van der Waals surface area contributed by atoms with Gasteiger partial charge in [-0.15, -0.1) is 0 Å². The fourth-order valence-corrected chi connectivity index (χ4v) is 2.88. The Morgan fingerprint density at radius 1 is 1.00 bits per heavy atom. The third-order valence-corrected chi connectivity index (χ3v) is 4.56. The molecule has 0 atom stereocenters. The van der Waals surface area contributed by atoms with Gasteiger partial charge in [0.15, 0.2) is 0 Å². The lowest BCUT2D eigenvalue weighted by molar-refractivity contribution is 0.102. The third-order valence-electron chi connectivity index (χ3n) is 4.56. The smallest absolute Gasteiger partial charge is 0.255 e. The van der Waals surface area contributed by atoms with E-state index in [1.807, 2.05) is 12.1 Å². The van der Waals surface area contributed by atoms with Gasteiger partial charge in [-0.1, -0.05) is 12.1 Å². The minimum Gasteiger partial charge on any atom is -0.397 e. The molecule has 0 radical (unpaired) electrons. The minimum absolute atomic E-state index is 0.196. The molecular formula is C19H25N5O. The molecule has 0 bridgehead atoms. The van der Waals surface area contributed by atoms with E-state index in [0.29, 0.717) is 16.9 Å². The van der Waals surface area contributed by atoms with E-state index in [1.165, 1.54) is 5.56 Å². The van der Waals surface area contributed by atoms with Gasteiger partial charge in [0, 0.05) is 44.0 Å². The number of nitrogen functional groups attached to an aromatic ring is 2. The summed E-state index contributed by atoms with van der Waals surface area (Å²) in [5, 5.41) is 2.89. The van der Waals surface area contributed by atoms with Gasteiger partial charge in [0.1, 0.15) is 0 Å². The second kappa shape index (κ2) is 7.55. The van der Waals surface area contributed by atoms with Crippen LogP contribution in [0.5, 0.6) is 0 Å². The fourth-order valence-electron chi connectivity index (χ4n) is 2.88. The first-order chi connectivity index (χ1) is 12.0. The van der Waals surface area contributed by atoms with Gasteiger partial charge in [-0.2, -0.15) is 0 Å². The summed E-state index contributed by atoms with van der Waals surface area (Å²) in [5.74, 6) is -0.196. The van der Waals surface area contributed by atoms with Gasteiger partial charge in [0.05, 0.1) is 11.4 Å². The number of anilines is 3. The molecule has 0 unspecified atom stereocenters. The van der Waals surface area contributed by atoms with E-state index in [0.717, 1.165) is 38.4 Å². The van der Waals surface area contributed by atoms with Crippen LogP contribution in [0.25, 0.3) is 0 Å². The molecule has 5 N–H and O–H groups in total. The van der Waals surface area contributed by atoms with E-state index < -0.39 is 0 Å².